The number of rotatable bonds is 17. The molecule has 0 radical (unpaired) electrons. The molecule has 0 saturated carbocycles. The van der Waals surface area contributed by atoms with E-state index >= 15 is 0 Å². The second-order valence-corrected chi connectivity index (χ2v) is 15.2. The quantitative estimate of drug-likeness (QED) is 0.152. The molecule has 0 aliphatic carbocycles. The lowest BCUT2D eigenvalue weighted by Gasteiger charge is -2.38. The lowest BCUT2D eigenvalue weighted by atomic mass is 9.91. The van der Waals surface area contributed by atoms with Crippen molar-refractivity contribution in [1.82, 2.24) is 25.4 Å². The lowest BCUT2D eigenvalue weighted by Crippen LogP contribution is -2.60. The van der Waals surface area contributed by atoms with Crippen LogP contribution >= 0.6 is 11.3 Å². The number of nitrogen functional groups attached to an aromatic ring is 1. The monoisotopic (exact) mass is 700 g/mol. The number of nitrogens with one attached hydrogen (secondary N) is 2. The molecule has 7 atom stereocenters. The number of likely N-dealkylation sites (tertiary alicyclic amines) is 1. The molecule has 272 valence electrons. The summed E-state index contributed by atoms with van der Waals surface area (Å²) in [5.74, 6) is -2.58. The van der Waals surface area contributed by atoms with Crippen molar-refractivity contribution in [3.05, 3.63) is 45.9 Å². The van der Waals surface area contributed by atoms with Gasteiger partial charge in [-0.25, -0.2) is 4.98 Å². The Morgan fingerprint density at radius 1 is 1.10 bits per heavy atom. The largest absolute Gasteiger partial charge is 0.481 e. The van der Waals surface area contributed by atoms with Gasteiger partial charge in [0.2, 0.25) is 11.8 Å². The highest BCUT2D eigenvalue weighted by Crippen LogP contribution is 2.30. The van der Waals surface area contributed by atoms with Crippen molar-refractivity contribution in [3.63, 3.8) is 0 Å². The summed E-state index contributed by atoms with van der Waals surface area (Å²) < 4.78 is 0. The van der Waals surface area contributed by atoms with Crippen LogP contribution in [0.4, 0.5) is 5.69 Å². The Labute approximate surface area is 294 Å². The van der Waals surface area contributed by atoms with Crippen molar-refractivity contribution >= 4 is 40.7 Å². The van der Waals surface area contributed by atoms with Gasteiger partial charge in [0.05, 0.1) is 11.5 Å². The SMILES string of the molecule is CC[C@H](C)[C@H](NC(=O)[C@@]1(C)CCCN1C)C(=O)N(C)C(C[C@H](O)c1nc(C(=O)N[C@@H](Cc2ccc(N)cc2)C[C@H](C)C(=O)O)cs1)C(C)C. The number of benzene rings is 1. The number of amides is 3. The van der Waals surface area contributed by atoms with E-state index in [4.69, 9.17) is 5.73 Å². The third-order valence-electron chi connectivity index (χ3n) is 10.2. The number of carbonyl (C=O) groups is 4. The number of aliphatic carboxylic acids is 1. The van der Waals surface area contributed by atoms with E-state index in [0.717, 1.165) is 36.3 Å². The molecular weight excluding hydrogens is 644 g/mol. The Morgan fingerprint density at radius 3 is 2.31 bits per heavy atom. The molecule has 1 aromatic carbocycles. The van der Waals surface area contributed by atoms with Gasteiger partial charge in [-0.05, 0) is 75.7 Å². The summed E-state index contributed by atoms with van der Waals surface area (Å²) in [6.45, 7) is 12.3. The zero-order valence-electron chi connectivity index (χ0n) is 30.2. The number of aliphatic hydroxyl groups excluding tert-OH is 1. The fourth-order valence-corrected chi connectivity index (χ4v) is 7.21. The van der Waals surface area contributed by atoms with Crippen molar-refractivity contribution in [1.29, 1.82) is 0 Å². The first-order valence-corrected chi connectivity index (χ1v) is 18.2. The van der Waals surface area contributed by atoms with E-state index in [0.29, 0.717) is 23.5 Å². The normalized spacial score (nSPS) is 20.2. The Morgan fingerprint density at radius 2 is 1.76 bits per heavy atom. The summed E-state index contributed by atoms with van der Waals surface area (Å²) in [5, 5.41) is 28.7. The minimum Gasteiger partial charge on any atom is -0.481 e. The number of nitrogens with two attached hydrogens (primary N) is 1. The second kappa shape index (κ2) is 17.4. The first-order chi connectivity index (χ1) is 23.0. The van der Waals surface area contributed by atoms with Gasteiger partial charge >= 0.3 is 5.97 Å². The fourth-order valence-electron chi connectivity index (χ4n) is 6.42. The third-order valence-corrected chi connectivity index (χ3v) is 11.2. The molecule has 2 heterocycles. The minimum absolute atomic E-state index is 0.0246. The molecule has 1 saturated heterocycles. The minimum atomic E-state index is -1.05. The van der Waals surface area contributed by atoms with Crippen LogP contribution in [-0.2, 0) is 20.8 Å². The number of carbonyl (C=O) groups excluding carboxylic acids is 3. The molecule has 1 aromatic heterocycles. The van der Waals surface area contributed by atoms with Crippen LogP contribution in [0.1, 0.15) is 101 Å². The Bertz CT molecular complexity index is 1430. The number of thiazole rings is 1. The van der Waals surface area contributed by atoms with Crippen molar-refractivity contribution < 1.29 is 29.4 Å². The fraction of sp³-hybridized carbons (Fsp3) is 0.639. The molecule has 1 aliphatic heterocycles. The number of carboxylic acids is 1. The predicted molar refractivity (Wildman–Crippen MR) is 192 cm³/mol. The van der Waals surface area contributed by atoms with E-state index in [9.17, 15) is 29.4 Å². The molecule has 1 aliphatic rings. The first kappa shape index (κ1) is 39.9. The van der Waals surface area contributed by atoms with Gasteiger partial charge in [0.25, 0.3) is 5.91 Å². The van der Waals surface area contributed by atoms with E-state index in [2.05, 4.69) is 15.6 Å². The molecule has 3 rings (SSSR count). The number of carboxylic acid groups (broad SMARTS) is 1. The molecule has 49 heavy (non-hydrogen) atoms. The van der Waals surface area contributed by atoms with Crippen molar-refractivity contribution in [2.24, 2.45) is 17.8 Å². The van der Waals surface area contributed by atoms with Gasteiger partial charge < -0.3 is 31.5 Å². The standard InChI is InChI=1S/C36H56N6O6S/c1-9-22(4)30(40-35(48)36(6)15-10-16-41(36)7)33(45)42(8)28(21(2)3)19-29(43)32-39-27(20-49-32)31(44)38-26(17-23(5)34(46)47)18-24-11-13-25(37)14-12-24/h11-14,20-23,26,28-30,43H,9-10,15-19,37H2,1-8H3,(H,38,44)(H,40,48)(H,46,47)/t22-,23-,26+,28?,29-,30-,36+/m0/s1. The van der Waals surface area contributed by atoms with Gasteiger partial charge in [0, 0.05) is 36.6 Å². The highest BCUT2D eigenvalue weighted by Gasteiger charge is 2.43. The first-order valence-electron chi connectivity index (χ1n) is 17.3. The van der Waals surface area contributed by atoms with Crippen LogP contribution in [0.3, 0.4) is 0 Å². The van der Waals surface area contributed by atoms with Gasteiger partial charge in [-0.1, -0.05) is 53.2 Å². The van der Waals surface area contributed by atoms with Gasteiger partial charge in [0.1, 0.15) is 22.8 Å². The smallest absolute Gasteiger partial charge is 0.306 e. The van der Waals surface area contributed by atoms with Crippen LogP contribution < -0.4 is 16.4 Å². The lowest BCUT2D eigenvalue weighted by molar-refractivity contribution is -0.142. The number of hydrogen-bond donors (Lipinski definition) is 5. The van der Waals surface area contributed by atoms with Crippen molar-refractivity contribution in [3.8, 4) is 0 Å². The molecule has 12 nitrogen and oxygen atoms in total. The summed E-state index contributed by atoms with van der Waals surface area (Å²) >= 11 is 1.15. The zero-order valence-corrected chi connectivity index (χ0v) is 31.0. The van der Waals surface area contributed by atoms with Gasteiger partial charge in [-0.15, -0.1) is 11.3 Å². The molecular formula is C36H56N6O6S. The molecule has 6 N–H and O–H groups in total. The van der Waals surface area contributed by atoms with Crippen molar-refractivity contribution in [2.75, 3.05) is 26.4 Å². The van der Waals surface area contributed by atoms with E-state index in [-0.39, 0.29) is 48.2 Å². The predicted octanol–water partition coefficient (Wildman–Crippen LogP) is 4.10. The van der Waals surface area contributed by atoms with E-state index < -0.39 is 41.5 Å². The molecule has 3 amide bonds. The molecule has 0 spiro atoms. The van der Waals surface area contributed by atoms with Gasteiger partial charge in [-0.2, -0.15) is 0 Å². The summed E-state index contributed by atoms with van der Waals surface area (Å²) in [5.41, 5.74) is 6.77. The Balaban J connectivity index is 1.72. The highest BCUT2D eigenvalue weighted by molar-refractivity contribution is 7.09. The number of nitrogens with zero attached hydrogens (tertiary/aromatic N) is 3. The van der Waals surface area contributed by atoms with E-state index in [1.165, 1.54) is 0 Å². The van der Waals surface area contributed by atoms with Crippen LogP contribution in [-0.4, -0.2) is 93.0 Å². The summed E-state index contributed by atoms with van der Waals surface area (Å²) in [6, 6.07) is 5.64. The molecule has 1 unspecified atom stereocenters. The molecule has 13 heteroatoms. The van der Waals surface area contributed by atoms with Gasteiger partial charge in [-0.3, -0.25) is 24.1 Å². The zero-order chi connectivity index (χ0) is 36.6. The average molecular weight is 701 g/mol. The summed E-state index contributed by atoms with van der Waals surface area (Å²) in [4.78, 5) is 60.5. The summed E-state index contributed by atoms with van der Waals surface area (Å²) in [6.07, 6.45) is 2.12. The Hall–Kier alpha value is -3.55. The summed E-state index contributed by atoms with van der Waals surface area (Å²) in [7, 11) is 3.65. The molecule has 1 fully saturated rings. The van der Waals surface area contributed by atoms with E-state index in [1.54, 1.807) is 36.4 Å². The Kier molecular flexibility index (Phi) is 14.2. The van der Waals surface area contributed by atoms with Gasteiger partial charge in [0.15, 0.2) is 0 Å². The van der Waals surface area contributed by atoms with Crippen LogP contribution in [0, 0.1) is 17.8 Å². The second-order valence-electron chi connectivity index (χ2n) is 14.3. The van der Waals surface area contributed by atoms with Crippen LogP contribution in [0.2, 0.25) is 0 Å². The highest BCUT2D eigenvalue weighted by atomic mass is 32.1. The van der Waals surface area contributed by atoms with E-state index in [1.807, 2.05) is 58.7 Å². The van der Waals surface area contributed by atoms with Crippen LogP contribution in [0.5, 0.6) is 0 Å². The number of aromatic nitrogens is 1. The number of anilines is 1. The maximum Gasteiger partial charge on any atom is 0.306 e. The average Bonchev–Trinajstić information content (AvgIpc) is 3.69. The molecule has 0 bridgehead atoms. The number of aliphatic hydroxyl groups is 1. The molecule has 2 aromatic rings. The number of hydrogen-bond acceptors (Lipinski definition) is 9. The van der Waals surface area contributed by atoms with Crippen molar-refractivity contribution in [2.45, 2.75) is 110 Å². The topological polar surface area (TPSA) is 178 Å². The van der Waals surface area contributed by atoms with Crippen LogP contribution in [0.25, 0.3) is 0 Å². The maximum atomic E-state index is 14.0. The van der Waals surface area contributed by atoms with Crippen LogP contribution in [0.15, 0.2) is 29.6 Å². The number of likely N-dealkylation sites (N-methyl/N-ethyl adjacent to an activating group) is 2. The third kappa shape index (κ3) is 10.2. The maximum absolute atomic E-state index is 14.0.